The van der Waals surface area contributed by atoms with Crippen LogP contribution in [0.2, 0.25) is 0 Å². The zero-order valence-electron chi connectivity index (χ0n) is 10.1. The predicted molar refractivity (Wildman–Crippen MR) is 62.1 cm³/mol. The molecule has 1 aromatic rings. The number of hydrogen-bond acceptors (Lipinski definition) is 2. The molecule has 0 unspecified atom stereocenters. The van der Waals surface area contributed by atoms with Crippen molar-refractivity contribution in [2.24, 2.45) is 0 Å². The Balaban J connectivity index is 2.06. The third kappa shape index (κ3) is 2.51. The molecule has 0 aliphatic carbocycles. The third-order valence-corrected chi connectivity index (χ3v) is 3.08. The monoisotopic (exact) mass is 255 g/mol. The second-order valence-electron chi connectivity index (χ2n) is 4.79. The van der Waals surface area contributed by atoms with E-state index >= 15 is 0 Å². The van der Waals surface area contributed by atoms with Gasteiger partial charge in [-0.1, -0.05) is 13.3 Å². The van der Waals surface area contributed by atoms with Crippen LogP contribution in [0, 0.1) is 11.6 Å². The summed E-state index contributed by atoms with van der Waals surface area (Å²) in [6.45, 7) is 2.39. The zero-order valence-corrected chi connectivity index (χ0v) is 10.1. The van der Waals surface area contributed by atoms with Gasteiger partial charge in [0.15, 0.2) is 0 Å². The van der Waals surface area contributed by atoms with Crippen molar-refractivity contribution in [1.82, 2.24) is 4.90 Å². The standard InChI is InChI=1S/C13H15F2NO2/c1-2-3-13(18)7-16(8-13)12(17)9-4-10(14)6-11(15)5-9/h4-6,18H,2-3,7-8H2,1H3. The summed E-state index contributed by atoms with van der Waals surface area (Å²) in [5.74, 6) is -2.00. The van der Waals surface area contributed by atoms with Crippen LogP contribution in [-0.2, 0) is 0 Å². The number of amides is 1. The van der Waals surface area contributed by atoms with Gasteiger partial charge >= 0.3 is 0 Å². The van der Waals surface area contributed by atoms with Crippen molar-refractivity contribution >= 4 is 5.91 Å². The van der Waals surface area contributed by atoms with Crippen LogP contribution in [0.25, 0.3) is 0 Å². The molecule has 5 heteroatoms. The summed E-state index contributed by atoms with van der Waals surface area (Å²) in [6, 6.07) is 2.73. The van der Waals surface area contributed by atoms with Gasteiger partial charge < -0.3 is 10.0 Å². The van der Waals surface area contributed by atoms with Crippen molar-refractivity contribution in [3.8, 4) is 0 Å². The molecule has 0 aromatic heterocycles. The van der Waals surface area contributed by atoms with Crippen molar-refractivity contribution in [1.29, 1.82) is 0 Å². The lowest BCUT2D eigenvalue weighted by Crippen LogP contribution is -2.63. The smallest absolute Gasteiger partial charge is 0.254 e. The normalized spacial score (nSPS) is 17.4. The van der Waals surface area contributed by atoms with Gasteiger partial charge in [-0.2, -0.15) is 0 Å². The van der Waals surface area contributed by atoms with Gasteiger partial charge in [-0.25, -0.2) is 8.78 Å². The summed E-state index contributed by atoms with van der Waals surface area (Å²) in [4.78, 5) is 13.3. The first-order valence-corrected chi connectivity index (χ1v) is 5.91. The number of rotatable bonds is 3. The Hall–Kier alpha value is -1.49. The molecule has 1 aromatic carbocycles. The minimum absolute atomic E-state index is 0.0222. The molecule has 0 saturated carbocycles. The average Bonchev–Trinajstić information content (AvgIpc) is 2.23. The van der Waals surface area contributed by atoms with E-state index < -0.39 is 23.1 Å². The van der Waals surface area contributed by atoms with Gasteiger partial charge in [-0.3, -0.25) is 4.79 Å². The van der Waals surface area contributed by atoms with E-state index in [9.17, 15) is 18.7 Å². The molecular formula is C13H15F2NO2. The van der Waals surface area contributed by atoms with Crippen LogP contribution in [-0.4, -0.2) is 34.6 Å². The number of hydrogen-bond donors (Lipinski definition) is 1. The van der Waals surface area contributed by atoms with Crippen LogP contribution in [0.3, 0.4) is 0 Å². The Bertz CT molecular complexity index is 450. The van der Waals surface area contributed by atoms with Gasteiger partial charge in [0.2, 0.25) is 0 Å². The maximum atomic E-state index is 13.0. The van der Waals surface area contributed by atoms with E-state index in [1.165, 1.54) is 4.90 Å². The Kier molecular flexibility index (Phi) is 3.34. The molecule has 1 saturated heterocycles. The number of β-amino-alcohol motifs (C(OH)–C–C–N with tert-alkyl or cyclic N) is 1. The summed E-state index contributed by atoms with van der Waals surface area (Å²) in [6.07, 6.45) is 1.45. The number of nitrogens with zero attached hydrogens (tertiary/aromatic N) is 1. The lowest BCUT2D eigenvalue weighted by atomic mass is 9.89. The van der Waals surface area contributed by atoms with Crippen molar-refractivity contribution in [2.45, 2.75) is 25.4 Å². The lowest BCUT2D eigenvalue weighted by Gasteiger charge is -2.46. The molecule has 1 fully saturated rings. The van der Waals surface area contributed by atoms with Gasteiger partial charge in [0, 0.05) is 11.6 Å². The van der Waals surface area contributed by atoms with Gasteiger partial charge in [-0.05, 0) is 18.6 Å². The highest BCUT2D eigenvalue weighted by Crippen LogP contribution is 2.27. The van der Waals surface area contributed by atoms with Crippen LogP contribution < -0.4 is 0 Å². The topological polar surface area (TPSA) is 40.5 Å². The Labute approximate surface area is 104 Å². The molecule has 1 aliphatic rings. The minimum atomic E-state index is -0.837. The fraction of sp³-hybridized carbons (Fsp3) is 0.462. The SMILES string of the molecule is CCCC1(O)CN(C(=O)c2cc(F)cc(F)c2)C1. The molecule has 0 spiro atoms. The van der Waals surface area contributed by atoms with E-state index in [1.807, 2.05) is 6.92 Å². The van der Waals surface area contributed by atoms with E-state index in [1.54, 1.807) is 0 Å². The first-order valence-electron chi connectivity index (χ1n) is 5.91. The highest BCUT2D eigenvalue weighted by molar-refractivity contribution is 5.95. The van der Waals surface area contributed by atoms with Crippen molar-refractivity contribution < 1.29 is 18.7 Å². The van der Waals surface area contributed by atoms with Gasteiger partial charge in [0.05, 0.1) is 18.7 Å². The molecular weight excluding hydrogens is 240 g/mol. The van der Waals surface area contributed by atoms with E-state index in [4.69, 9.17) is 0 Å². The first kappa shape index (κ1) is 13.0. The second kappa shape index (κ2) is 4.65. The third-order valence-electron chi connectivity index (χ3n) is 3.08. The Morgan fingerprint density at radius 1 is 1.33 bits per heavy atom. The number of aliphatic hydroxyl groups is 1. The van der Waals surface area contributed by atoms with Crippen LogP contribution in [0.15, 0.2) is 18.2 Å². The molecule has 2 rings (SSSR count). The molecule has 98 valence electrons. The number of halogens is 2. The molecule has 1 amide bonds. The summed E-state index contributed by atoms with van der Waals surface area (Å²) < 4.78 is 26.0. The summed E-state index contributed by atoms with van der Waals surface area (Å²) in [7, 11) is 0. The molecule has 0 bridgehead atoms. The van der Waals surface area contributed by atoms with Crippen molar-refractivity contribution in [2.75, 3.05) is 13.1 Å². The van der Waals surface area contributed by atoms with Crippen LogP contribution in [0.4, 0.5) is 8.78 Å². The van der Waals surface area contributed by atoms with Crippen molar-refractivity contribution in [3.63, 3.8) is 0 Å². The summed E-state index contributed by atoms with van der Waals surface area (Å²) >= 11 is 0. The Morgan fingerprint density at radius 3 is 2.39 bits per heavy atom. The number of benzene rings is 1. The fourth-order valence-electron chi connectivity index (χ4n) is 2.29. The van der Waals surface area contributed by atoms with Gasteiger partial charge in [0.1, 0.15) is 11.6 Å². The predicted octanol–water partition coefficient (Wildman–Crippen LogP) is 1.95. The zero-order chi connectivity index (χ0) is 13.3. The summed E-state index contributed by atoms with van der Waals surface area (Å²) in [5.41, 5.74) is -0.859. The first-order chi connectivity index (χ1) is 8.43. The molecule has 1 heterocycles. The average molecular weight is 255 g/mol. The number of carbonyl (C=O) groups excluding carboxylic acids is 1. The fourth-order valence-corrected chi connectivity index (χ4v) is 2.29. The van der Waals surface area contributed by atoms with Gasteiger partial charge in [-0.15, -0.1) is 0 Å². The Morgan fingerprint density at radius 2 is 1.89 bits per heavy atom. The van der Waals surface area contributed by atoms with E-state index in [2.05, 4.69) is 0 Å². The van der Waals surface area contributed by atoms with Crippen LogP contribution in [0.1, 0.15) is 30.1 Å². The van der Waals surface area contributed by atoms with E-state index in [0.717, 1.165) is 24.6 Å². The molecule has 1 aliphatic heterocycles. The molecule has 1 N–H and O–H groups in total. The van der Waals surface area contributed by atoms with Crippen molar-refractivity contribution in [3.05, 3.63) is 35.4 Å². The van der Waals surface area contributed by atoms with Crippen LogP contribution in [0.5, 0.6) is 0 Å². The minimum Gasteiger partial charge on any atom is -0.386 e. The number of likely N-dealkylation sites (tertiary alicyclic amines) is 1. The maximum absolute atomic E-state index is 13.0. The maximum Gasteiger partial charge on any atom is 0.254 e. The highest BCUT2D eigenvalue weighted by Gasteiger charge is 2.42. The van der Waals surface area contributed by atoms with Crippen LogP contribution >= 0.6 is 0 Å². The highest BCUT2D eigenvalue weighted by atomic mass is 19.1. The molecule has 3 nitrogen and oxygen atoms in total. The lowest BCUT2D eigenvalue weighted by molar-refractivity contribution is -0.0860. The second-order valence-corrected chi connectivity index (χ2v) is 4.79. The number of carbonyl (C=O) groups is 1. The van der Waals surface area contributed by atoms with E-state index in [-0.39, 0.29) is 18.7 Å². The van der Waals surface area contributed by atoms with Gasteiger partial charge in [0.25, 0.3) is 5.91 Å². The largest absolute Gasteiger partial charge is 0.386 e. The van der Waals surface area contributed by atoms with E-state index in [0.29, 0.717) is 6.42 Å². The summed E-state index contributed by atoms with van der Waals surface area (Å²) in [5, 5.41) is 9.94. The molecule has 18 heavy (non-hydrogen) atoms. The molecule has 0 atom stereocenters. The quantitative estimate of drug-likeness (QED) is 0.896. The molecule has 0 radical (unpaired) electrons.